The van der Waals surface area contributed by atoms with Crippen molar-refractivity contribution < 1.29 is 14.3 Å². The summed E-state index contributed by atoms with van der Waals surface area (Å²) in [7, 11) is 1.60. The third-order valence-electron chi connectivity index (χ3n) is 3.13. The van der Waals surface area contributed by atoms with E-state index >= 15 is 0 Å². The number of carbonyl (C=O) groups is 1. The standard InChI is InChI=1S/C17H19NO3/c1-20-16-11-13(8-10-17(18)19)7-9-15(16)21-12-14-5-3-2-4-6-14/h2-7,9,11H,8,10,12H2,1H3,(H2,18,19). The first-order chi connectivity index (χ1) is 10.2. The molecule has 2 aromatic carbocycles. The van der Waals surface area contributed by atoms with Crippen LogP contribution in [0.3, 0.4) is 0 Å². The molecular weight excluding hydrogens is 266 g/mol. The van der Waals surface area contributed by atoms with Gasteiger partial charge in [-0.25, -0.2) is 0 Å². The lowest BCUT2D eigenvalue weighted by Gasteiger charge is -2.12. The van der Waals surface area contributed by atoms with E-state index in [-0.39, 0.29) is 5.91 Å². The molecule has 0 aromatic heterocycles. The molecule has 0 fully saturated rings. The fraction of sp³-hybridized carbons (Fsp3) is 0.235. The average molecular weight is 285 g/mol. The van der Waals surface area contributed by atoms with Gasteiger partial charge in [-0.05, 0) is 29.7 Å². The maximum atomic E-state index is 10.8. The predicted molar refractivity (Wildman–Crippen MR) is 81.3 cm³/mol. The fourth-order valence-electron chi connectivity index (χ4n) is 1.99. The minimum atomic E-state index is -0.307. The summed E-state index contributed by atoms with van der Waals surface area (Å²) in [5.41, 5.74) is 7.25. The molecule has 0 radical (unpaired) electrons. The number of nitrogens with two attached hydrogens (primary N) is 1. The third-order valence-corrected chi connectivity index (χ3v) is 3.13. The number of hydrogen-bond acceptors (Lipinski definition) is 3. The second kappa shape index (κ2) is 7.33. The second-order valence-electron chi connectivity index (χ2n) is 4.73. The number of ether oxygens (including phenoxy) is 2. The molecule has 0 aliphatic carbocycles. The number of benzene rings is 2. The first-order valence-electron chi connectivity index (χ1n) is 6.81. The minimum Gasteiger partial charge on any atom is -0.493 e. The highest BCUT2D eigenvalue weighted by Crippen LogP contribution is 2.29. The van der Waals surface area contributed by atoms with Crippen molar-refractivity contribution in [2.24, 2.45) is 5.73 Å². The van der Waals surface area contributed by atoms with Gasteiger partial charge in [0.05, 0.1) is 7.11 Å². The predicted octanol–water partition coefficient (Wildman–Crippen LogP) is 2.69. The summed E-state index contributed by atoms with van der Waals surface area (Å²) in [6, 6.07) is 15.6. The van der Waals surface area contributed by atoms with Gasteiger partial charge in [0.2, 0.25) is 5.91 Å². The first kappa shape index (κ1) is 14.9. The molecule has 21 heavy (non-hydrogen) atoms. The van der Waals surface area contributed by atoms with Gasteiger partial charge >= 0.3 is 0 Å². The van der Waals surface area contributed by atoms with Crippen LogP contribution in [0.5, 0.6) is 11.5 Å². The van der Waals surface area contributed by atoms with Gasteiger partial charge < -0.3 is 15.2 Å². The van der Waals surface area contributed by atoms with Crippen LogP contribution in [0.4, 0.5) is 0 Å². The van der Waals surface area contributed by atoms with Crippen molar-refractivity contribution >= 4 is 5.91 Å². The summed E-state index contributed by atoms with van der Waals surface area (Å²) >= 11 is 0. The van der Waals surface area contributed by atoms with Crippen LogP contribution < -0.4 is 15.2 Å². The quantitative estimate of drug-likeness (QED) is 0.850. The average Bonchev–Trinajstić information content (AvgIpc) is 2.52. The van der Waals surface area contributed by atoms with E-state index in [2.05, 4.69) is 0 Å². The van der Waals surface area contributed by atoms with Crippen molar-refractivity contribution in [1.29, 1.82) is 0 Å². The third kappa shape index (κ3) is 4.53. The number of aryl methyl sites for hydroxylation is 1. The van der Waals surface area contributed by atoms with Gasteiger partial charge in [-0.15, -0.1) is 0 Å². The van der Waals surface area contributed by atoms with E-state index in [0.29, 0.717) is 30.9 Å². The van der Waals surface area contributed by atoms with Crippen molar-refractivity contribution in [2.45, 2.75) is 19.4 Å². The van der Waals surface area contributed by atoms with Gasteiger partial charge in [0.25, 0.3) is 0 Å². The molecule has 2 N–H and O–H groups in total. The van der Waals surface area contributed by atoms with Crippen LogP contribution in [0.2, 0.25) is 0 Å². The maximum absolute atomic E-state index is 10.8. The summed E-state index contributed by atoms with van der Waals surface area (Å²) in [6.45, 7) is 0.484. The molecular formula is C17H19NO3. The summed E-state index contributed by atoms with van der Waals surface area (Å²) in [4.78, 5) is 10.8. The number of rotatable bonds is 7. The normalized spacial score (nSPS) is 10.1. The minimum absolute atomic E-state index is 0.307. The lowest BCUT2D eigenvalue weighted by Crippen LogP contribution is -2.11. The Kier molecular flexibility index (Phi) is 5.21. The smallest absolute Gasteiger partial charge is 0.217 e. The molecule has 110 valence electrons. The van der Waals surface area contributed by atoms with Crippen molar-refractivity contribution in [3.8, 4) is 11.5 Å². The molecule has 2 rings (SSSR count). The van der Waals surface area contributed by atoms with Gasteiger partial charge in [0.15, 0.2) is 11.5 Å². The van der Waals surface area contributed by atoms with Gasteiger partial charge in [0.1, 0.15) is 6.61 Å². The SMILES string of the molecule is COc1cc(CCC(N)=O)ccc1OCc1ccccc1. The number of hydrogen-bond donors (Lipinski definition) is 1. The zero-order valence-electron chi connectivity index (χ0n) is 12.0. The Bertz CT molecular complexity index is 596. The molecule has 0 spiro atoms. The van der Waals surface area contributed by atoms with Crippen LogP contribution in [-0.2, 0) is 17.8 Å². The molecule has 4 heteroatoms. The fourth-order valence-corrected chi connectivity index (χ4v) is 1.99. The highest BCUT2D eigenvalue weighted by atomic mass is 16.5. The zero-order chi connectivity index (χ0) is 15.1. The molecule has 0 atom stereocenters. The molecule has 0 bridgehead atoms. The van der Waals surface area contributed by atoms with Crippen LogP contribution in [0.25, 0.3) is 0 Å². The van der Waals surface area contributed by atoms with Crippen molar-refractivity contribution in [3.63, 3.8) is 0 Å². The summed E-state index contributed by atoms with van der Waals surface area (Å²) in [6.07, 6.45) is 0.929. The highest BCUT2D eigenvalue weighted by molar-refractivity contribution is 5.74. The molecule has 0 unspecified atom stereocenters. The Morgan fingerprint density at radius 2 is 1.81 bits per heavy atom. The lowest BCUT2D eigenvalue weighted by atomic mass is 10.1. The number of carbonyl (C=O) groups excluding carboxylic acids is 1. The Morgan fingerprint density at radius 3 is 2.48 bits per heavy atom. The van der Waals surface area contributed by atoms with Crippen LogP contribution in [-0.4, -0.2) is 13.0 Å². The molecule has 0 heterocycles. The van der Waals surface area contributed by atoms with Crippen LogP contribution in [0, 0.1) is 0 Å². The van der Waals surface area contributed by atoms with Gasteiger partial charge in [0, 0.05) is 6.42 Å². The van der Waals surface area contributed by atoms with Crippen molar-refractivity contribution in [2.75, 3.05) is 7.11 Å². The van der Waals surface area contributed by atoms with Crippen LogP contribution in [0.15, 0.2) is 48.5 Å². The molecule has 4 nitrogen and oxygen atoms in total. The second-order valence-corrected chi connectivity index (χ2v) is 4.73. The number of amides is 1. The van der Waals surface area contributed by atoms with E-state index in [4.69, 9.17) is 15.2 Å². The van der Waals surface area contributed by atoms with E-state index in [1.165, 1.54) is 0 Å². The van der Waals surface area contributed by atoms with E-state index in [0.717, 1.165) is 11.1 Å². The molecule has 1 amide bonds. The number of primary amides is 1. The Labute approximate surface area is 124 Å². The topological polar surface area (TPSA) is 61.5 Å². The van der Waals surface area contributed by atoms with E-state index in [1.54, 1.807) is 7.11 Å². The summed E-state index contributed by atoms with van der Waals surface area (Å²) in [5.74, 6) is 1.04. The van der Waals surface area contributed by atoms with Crippen LogP contribution >= 0.6 is 0 Å². The van der Waals surface area contributed by atoms with Gasteiger partial charge in [-0.1, -0.05) is 36.4 Å². The van der Waals surface area contributed by atoms with Crippen LogP contribution in [0.1, 0.15) is 17.5 Å². The van der Waals surface area contributed by atoms with E-state index in [9.17, 15) is 4.79 Å². The summed E-state index contributed by atoms with van der Waals surface area (Å²) < 4.78 is 11.1. The molecule has 2 aromatic rings. The Hall–Kier alpha value is -2.49. The number of methoxy groups -OCH3 is 1. The molecule has 0 saturated heterocycles. The van der Waals surface area contributed by atoms with E-state index < -0.39 is 0 Å². The maximum Gasteiger partial charge on any atom is 0.217 e. The van der Waals surface area contributed by atoms with E-state index in [1.807, 2.05) is 48.5 Å². The largest absolute Gasteiger partial charge is 0.493 e. The van der Waals surface area contributed by atoms with Gasteiger partial charge in [-0.2, -0.15) is 0 Å². The van der Waals surface area contributed by atoms with Crippen molar-refractivity contribution in [1.82, 2.24) is 0 Å². The summed E-state index contributed by atoms with van der Waals surface area (Å²) in [5, 5.41) is 0. The molecule has 0 aliphatic heterocycles. The lowest BCUT2D eigenvalue weighted by molar-refractivity contribution is -0.117. The zero-order valence-corrected chi connectivity index (χ0v) is 12.0. The molecule has 0 saturated carbocycles. The monoisotopic (exact) mass is 285 g/mol. The highest BCUT2D eigenvalue weighted by Gasteiger charge is 2.07. The first-order valence-corrected chi connectivity index (χ1v) is 6.81. The Balaban J connectivity index is 2.04. The Morgan fingerprint density at radius 1 is 1.05 bits per heavy atom. The van der Waals surface area contributed by atoms with Crippen molar-refractivity contribution in [3.05, 3.63) is 59.7 Å². The van der Waals surface area contributed by atoms with Gasteiger partial charge in [-0.3, -0.25) is 4.79 Å². The molecule has 0 aliphatic rings.